The number of nitrogens with zero attached hydrogens (tertiary/aromatic N) is 4. The van der Waals surface area contributed by atoms with Crippen LogP contribution < -0.4 is 5.32 Å². The fraction of sp³-hybridized carbons (Fsp3) is 0.0769. The van der Waals surface area contributed by atoms with E-state index < -0.39 is 0 Å². The molecule has 0 amide bonds. The molecule has 2 heterocycles. The summed E-state index contributed by atoms with van der Waals surface area (Å²) in [6.45, 7) is 1.66. The molecule has 7 heteroatoms. The van der Waals surface area contributed by atoms with E-state index >= 15 is 0 Å². The van der Waals surface area contributed by atoms with Gasteiger partial charge in [-0.15, -0.1) is 5.10 Å². The summed E-state index contributed by atoms with van der Waals surface area (Å²) in [7, 11) is 0. The van der Waals surface area contributed by atoms with Crippen molar-refractivity contribution in [2.75, 3.05) is 5.32 Å². The third kappa shape index (κ3) is 2.25. The van der Waals surface area contributed by atoms with Crippen LogP contribution in [0.25, 0.3) is 10.9 Å². The highest BCUT2D eigenvalue weighted by Gasteiger charge is 2.09. The van der Waals surface area contributed by atoms with Crippen LogP contribution in [0.3, 0.4) is 0 Å². The maximum Gasteiger partial charge on any atom is 0.224 e. The first kappa shape index (κ1) is 12.7. The Balaban J connectivity index is 2.10. The van der Waals surface area contributed by atoms with E-state index in [0.717, 1.165) is 5.39 Å². The minimum atomic E-state index is -0.311. The quantitative estimate of drug-likeness (QED) is 0.734. The number of benzene rings is 1. The highest BCUT2D eigenvalue weighted by Crippen LogP contribution is 2.26. The summed E-state index contributed by atoms with van der Waals surface area (Å²) < 4.78 is 13.5. The van der Waals surface area contributed by atoms with Gasteiger partial charge in [-0.3, -0.25) is 0 Å². The summed E-state index contributed by atoms with van der Waals surface area (Å²) in [4.78, 5) is 7.84. The van der Waals surface area contributed by atoms with Crippen LogP contribution in [-0.2, 0) is 0 Å². The Labute approximate surface area is 118 Å². The van der Waals surface area contributed by atoms with Crippen molar-refractivity contribution < 1.29 is 4.39 Å². The maximum absolute atomic E-state index is 13.5. The fourth-order valence-corrected chi connectivity index (χ4v) is 2.03. The molecule has 3 aromatic rings. The minimum Gasteiger partial charge on any atom is -0.338 e. The number of halogens is 2. The number of hydrogen-bond acceptors (Lipinski definition) is 5. The van der Waals surface area contributed by atoms with Crippen LogP contribution in [-0.4, -0.2) is 20.2 Å². The minimum absolute atomic E-state index is 0.142. The average molecular weight is 290 g/mol. The van der Waals surface area contributed by atoms with Crippen LogP contribution in [0.2, 0.25) is 5.28 Å². The zero-order valence-electron chi connectivity index (χ0n) is 10.4. The van der Waals surface area contributed by atoms with Crippen molar-refractivity contribution in [3.8, 4) is 0 Å². The lowest BCUT2D eigenvalue weighted by Crippen LogP contribution is -1.99. The molecule has 100 valence electrons. The molecule has 0 spiro atoms. The lowest BCUT2D eigenvalue weighted by atomic mass is 10.1. The number of rotatable bonds is 2. The van der Waals surface area contributed by atoms with Gasteiger partial charge >= 0.3 is 0 Å². The van der Waals surface area contributed by atoms with Gasteiger partial charge in [-0.2, -0.15) is 5.10 Å². The molecule has 0 aliphatic heterocycles. The second-order valence-electron chi connectivity index (χ2n) is 4.16. The Hall–Kier alpha value is -2.34. The summed E-state index contributed by atoms with van der Waals surface area (Å²) >= 11 is 5.74. The smallest absolute Gasteiger partial charge is 0.224 e. The Bertz CT molecular complexity index is 793. The number of hydrogen-bond donors (Lipinski definition) is 1. The largest absolute Gasteiger partial charge is 0.338 e. The molecule has 20 heavy (non-hydrogen) atoms. The Kier molecular flexibility index (Phi) is 3.15. The SMILES string of the molecule is Cc1c(F)ccc2c(Nc3ccnc(Cl)n3)cnnc12. The van der Waals surface area contributed by atoms with Crippen LogP contribution in [0.4, 0.5) is 15.9 Å². The van der Waals surface area contributed by atoms with E-state index in [1.54, 1.807) is 31.5 Å². The third-order valence-corrected chi connectivity index (χ3v) is 3.07. The van der Waals surface area contributed by atoms with Crippen molar-refractivity contribution in [1.82, 2.24) is 20.2 Å². The summed E-state index contributed by atoms with van der Waals surface area (Å²) in [5.41, 5.74) is 1.64. The topological polar surface area (TPSA) is 63.6 Å². The number of fused-ring (bicyclic) bond motifs is 1. The van der Waals surface area contributed by atoms with E-state index in [1.165, 1.54) is 6.07 Å². The first-order chi connectivity index (χ1) is 9.65. The molecule has 0 unspecified atom stereocenters. The number of nitrogens with one attached hydrogen (secondary N) is 1. The normalized spacial score (nSPS) is 10.8. The van der Waals surface area contributed by atoms with Gasteiger partial charge in [-0.25, -0.2) is 14.4 Å². The fourth-order valence-electron chi connectivity index (χ4n) is 1.88. The summed E-state index contributed by atoms with van der Waals surface area (Å²) in [5.74, 6) is 0.218. The Morgan fingerprint density at radius 2 is 2.10 bits per heavy atom. The molecule has 0 saturated heterocycles. The zero-order valence-corrected chi connectivity index (χ0v) is 11.2. The van der Waals surface area contributed by atoms with Gasteiger partial charge in [0.05, 0.1) is 11.9 Å². The first-order valence-corrected chi connectivity index (χ1v) is 6.19. The third-order valence-electron chi connectivity index (χ3n) is 2.89. The van der Waals surface area contributed by atoms with Crippen LogP contribution in [0.15, 0.2) is 30.6 Å². The molecule has 5 nitrogen and oxygen atoms in total. The molecule has 0 saturated carbocycles. The van der Waals surface area contributed by atoms with Crippen molar-refractivity contribution in [2.45, 2.75) is 6.92 Å². The summed E-state index contributed by atoms with van der Waals surface area (Å²) in [6, 6.07) is 4.73. The second kappa shape index (κ2) is 4.97. The van der Waals surface area contributed by atoms with Gasteiger partial charge in [-0.05, 0) is 36.7 Å². The van der Waals surface area contributed by atoms with E-state index in [2.05, 4.69) is 25.5 Å². The first-order valence-electron chi connectivity index (χ1n) is 5.81. The molecular weight excluding hydrogens is 281 g/mol. The number of aromatic nitrogens is 4. The van der Waals surface area contributed by atoms with Crippen molar-refractivity contribution in [3.63, 3.8) is 0 Å². The van der Waals surface area contributed by atoms with E-state index in [1.807, 2.05) is 0 Å². The number of anilines is 2. The van der Waals surface area contributed by atoms with E-state index in [4.69, 9.17) is 11.6 Å². The van der Waals surface area contributed by atoms with Crippen LogP contribution in [0.5, 0.6) is 0 Å². The maximum atomic E-state index is 13.5. The molecule has 3 rings (SSSR count). The van der Waals surface area contributed by atoms with Crippen molar-refractivity contribution in [2.24, 2.45) is 0 Å². The van der Waals surface area contributed by atoms with Gasteiger partial charge in [0.25, 0.3) is 0 Å². The van der Waals surface area contributed by atoms with Crippen molar-refractivity contribution in [3.05, 3.63) is 47.3 Å². The monoisotopic (exact) mass is 289 g/mol. The summed E-state index contributed by atoms with van der Waals surface area (Å²) in [6.07, 6.45) is 3.09. The second-order valence-corrected chi connectivity index (χ2v) is 4.50. The molecular formula is C13H9ClFN5. The highest BCUT2D eigenvalue weighted by atomic mass is 35.5. The molecule has 1 N–H and O–H groups in total. The predicted molar refractivity (Wildman–Crippen MR) is 74.6 cm³/mol. The van der Waals surface area contributed by atoms with Gasteiger partial charge in [0.15, 0.2) is 0 Å². The van der Waals surface area contributed by atoms with Gasteiger partial charge in [0.1, 0.15) is 17.2 Å². The average Bonchev–Trinajstić information content (AvgIpc) is 2.43. The Morgan fingerprint density at radius 1 is 1.25 bits per heavy atom. The molecule has 0 aliphatic rings. The molecule has 0 radical (unpaired) electrons. The van der Waals surface area contributed by atoms with Crippen LogP contribution in [0, 0.1) is 12.7 Å². The number of aryl methyl sites for hydroxylation is 1. The molecule has 2 aromatic heterocycles. The Morgan fingerprint density at radius 3 is 2.90 bits per heavy atom. The van der Waals surface area contributed by atoms with Crippen molar-refractivity contribution in [1.29, 1.82) is 0 Å². The summed E-state index contributed by atoms with van der Waals surface area (Å²) in [5, 5.41) is 11.8. The molecule has 0 atom stereocenters. The van der Waals surface area contributed by atoms with Crippen LogP contribution in [0.1, 0.15) is 5.56 Å². The lowest BCUT2D eigenvalue weighted by molar-refractivity contribution is 0.620. The van der Waals surface area contributed by atoms with E-state index in [-0.39, 0.29) is 11.1 Å². The van der Waals surface area contributed by atoms with E-state index in [9.17, 15) is 4.39 Å². The standard InChI is InChI=1S/C13H9ClFN5/c1-7-9(15)3-2-8-10(6-17-20-12(7)8)18-11-4-5-16-13(14)19-11/h2-6H,1H3,(H,16,18,19,20). The highest BCUT2D eigenvalue weighted by molar-refractivity contribution is 6.28. The molecule has 0 bridgehead atoms. The molecule has 0 fully saturated rings. The molecule has 1 aromatic carbocycles. The van der Waals surface area contributed by atoms with E-state index in [0.29, 0.717) is 22.6 Å². The lowest BCUT2D eigenvalue weighted by Gasteiger charge is -2.09. The van der Waals surface area contributed by atoms with Crippen LogP contribution >= 0.6 is 11.6 Å². The van der Waals surface area contributed by atoms with Gasteiger partial charge < -0.3 is 5.32 Å². The van der Waals surface area contributed by atoms with Gasteiger partial charge in [0, 0.05) is 17.1 Å². The predicted octanol–water partition coefficient (Wildman–Crippen LogP) is 3.26. The van der Waals surface area contributed by atoms with Gasteiger partial charge in [-0.1, -0.05) is 0 Å². The zero-order chi connectivity index (χ0) is 14.1. The molecule has 0 aliphatic carbocycles. The van der Waals surface area contributed by atoms with Crippen molar-refractivity contribution >= 4 is 34.0 Å². The van der Waals surface area contributed by atoms with Gasteiger partial charge in [0.2, 0.25) is 5.28 Å².